The second kappa shape index (κ2) is 3.75. The smallest absolute Gasteiger partial charge is 0.228 e. The number of carbonyl (C=O) groups is 2. The maximum atomic E-state index is 11.4. The van der Waals surface area contributed by atoms with Gasteiger partial charge < -0.3 is 5.73 Å². The lowest BCUT2D eigenvalue weighted by Gasteiger charge is -2.03. The summed E-state index contributed by atoms with van der Waals surface area (Å²) in [6, 6.07) is 1.45. The number of amides is 1. The first kappa shape index (κ1) is 9.31. The van der Waals surface area contributed by atoms with Crippen LogP contribution in [0.25, 0.3) is 0 Å². The third kappa shape index (κ3) is 2.08. The molecule has 1 aromatic rings. The molecular formula is C8H9N3O2. The Morgan fingerprint density at radius 1 is 1.54 bits per heavy atom. The van der Waals surface area contributed by atoms with Gasteiger partial charge in [0.2, 0.25) is 5.91 Å². The van der Waals surface area contributed by atoms with Crippen LogP contribution in [-0.4, -0.2) is 21.7 Å². The van der Waals surface area contributed by atoms with Gasteiger partial charge in [0.25, 0.3) is 0 Å². The molecule has 0 aliphatic carbocycles. The topological polar surface area (TPSA) is 85.9 Å². The van der Waals surface area contributed by atoms with Gasteiger partial charge in [0.05, 0.1) is 5.92 Å². The number of primary amides is 1. The van der Waals surface area contributed by atoms with Crippen LogP contribution in [0.15, 0.2) is 18.6 Å². The van der Waals surface area contributed by atoms with E-state index in [0.29, 0.717) is 0 Å². The second-order valence-corrected chi connectivity index (χ2v) is 2.58. The summed E-state index contributed by atoms with van der Waals surface area (Å²) >= 11 is 0. The summed E-state index contributed by atoms with van der Waals surface area (Å²) < 4.78 is 0. The Morgan fingerprint density at radius 3 is 2.69 bits per heavy atom. The van der Waals surface area contributed by atoms with E-state index in [-0.39, 0.29) is 11.5 Å². The number of nitrogens with zero attached hydrogens (tertiary/aromatic N) is 2. The van der Waals surface area contributed by atoms with Gasteiger partial charge in [-0.15, -0.1) is 0 Å². The first-order valence-corrected chi connectivity index (χ1v) is 3.72. The molecule has 1 amide bonds. The lowest BCUT2D eigenvalue weighted by atomic mass is 10.0. The minimum Gasteiger partial charge on any atom is -0.369 e. The average molecular weight is 179 g/mol. The van der Waals surface area contributed by atoms with E-state index >= 15 is 0 Å². The molecule has 1 aromatic heterocycles. The number of hydrogen-bond acceptors (Lipinski definition) is 4. The third-order valence-electron chi connectivity index (χ3n) is 1.65. The van der Waals surface area contributed by atoms with Crippen molar-refractivity contribution in [2.45, 2.75) is 6.92 Å². The van der Waals surface area contributed by atoms with Gasteiger partial charge in [-0.2, -0.15) is 0 Å². The molecule has 0 saturated heterocycles. The monoisotopic (exact) mass is 179 g/mol. The molecule has 0 radical (unpaired) electrons. The number of ketones is 1. The fourth-order valence-corrected chi connectivity index (χ4v) is 0.787. The predicted octanol–water partition coefficient (Wildman–Crippen LogP) is -0.219. The first-order valence-electron chi connectivity index (χ1n) is 3.72. The molecule has 0 fully saturated rings. The van der Waals surface area contributed by atoms with Crippen LogP contribution in [0, 0.1) is 5.92 Å². The lowest BCUT2D eigenvalue weighted by Crippen LogP contribution is -2.28. The van der Waals surface area contributed by atoms with Crippen LogP contribution >= 0.6 is 0 Å². The summed E-state index contributed by atoms with van der Waals surface area (Å²) in [6.45, 7) is 1.45. The molecule has 5 heteroatoms. The summed E-state index contributed by atoms with van der Waals surface area (Å²) in [5, 5.41) is 0. The van der Waals surface area contributed by atoms with Crippen LogP contribution in [0.5, 0.6) is 0 Å². The van der Waals surface area contributed by atoms with E-state index in [9.17, 15) is 9.59 Å². The fourth-order valence-electron chi connectivity index (χ4n) is 0.787. The van der Waals surface area contributed by atoms with E-state index in [0.717, 1.165) is 0 Å². The Labute approximate surface area is 75.0 Å². The van der Waals surface area contributed by atoms with Crippen molar-refractivity contribution in [2.75, 3.05) is 0 Å². The van der Waals surface area contributed by atoms with Gasteiger partial charge >= 0.3 is 0 Å². The van der Waals surface area contributed by atoms with Crippen molar-refractivity contribution >= 4 is 11.7 Å². The van der Waals surface area contributed by atoms with Crippen LogP contribution in [0.3, 0.4) is 0 Å². The number of carbonyl (C=O) groups excluding carboxylic acids is 2. The molecule has 0 bridgehead atoms. The summed E-state index contributed by atoms with van der Waals surface area (Å²) in [5.41, 5.74) is 5.18. The van der Waals surface area contributed by atoms with E-state index < -0.39 is 11.8 Å². The Morgan fingerprint density at radius 2 is 2.23 bits per heavy atom. The molecule has 2 N–H and O–H groups in total. The van der Waals surface area contributed by atoms with Crippen molar-refractivity contribution < 1.29 is 9.59 Å². The molecular weight excluding hydrogens is 170 g/mol. The zero-order valence-electron chi connectivity index (χ0n) is 7.10. The second-order valence-electron chi connectivity index (χ2n) is 2.58. The van der Waals surface area contributed by atoms with Crippen molar-refractivity contribution in [3.05, 3.63) is 24.3 Å². The Balaban J connectivity index is 2.86. The summed E-state index contributed by atoms with van der Waals surface area (Å²) in [7, 11) is 0. The van der Waals surface area contributed by atoms with Gasteiger partial charge in [-0.3, -0.25) is 9.59 Å². The van der Waals surface area contributed by atoms with E-state index in [1.165, 1.54) is 25.5 Å². The third-order valence-corrected chi connectivity index (χ3v) is 1.65. The summed E-state index contributed by atoms with van der Waals surface area (Å²) in [4.78, 5) is 29.4. The quantitative estimate of drug-likeness (QED) is 0.513. The van der Waals surface area contributed by atoms with E-state index in [1.54, 1.807) is 0 Å². The fraction of sp³-hybridized carbons (Fsp3) is 0.250. The zero-order chi connectivity index (χ0) is 9.84. The lowest BCUT2D eigenvalue weighted by molar-refractivity contribution is -0.120. The molecule has 13 heavy (non-hydrogen) atoms. The first-order chi connectivity index (χ1) is 6.13. The van der Waals surface area contributed by atoms with Crippen LogP contribution < -0.4 is 5.73 Å². The van der Waals surface area contributed by atoms with Crippen molar-refractivity contribution in [2.24, 2.45) is 11.7 Å². The number of nitrogens with two attached hydrogens (primary N) is 1. The summed E-state index contributed by atoms with van der Waals surface area (Å²) in [6.07, 6.45) is 2.69. The number of hydrogen-bond donors (Lipinski definition) is 1. The zero-order valence-corrected chi connectivity index (χ0v) is 7.10. The minimum absolute atomic E-state index is 0.210. The molecule has 1 atom stereocenters. The Hall–Kier alpha value is -1.78. The van der Waals surface area contributed by atoms with Crippen LogP contribution in [0.1, 0.15) is 17.4 Å². The van der Waals surface area contributed by atoms with Gasteiger partial charge in [-0.1, -0.05) is 0 Å². The summed E-state index contributed by atoms with van der Waals surface area (Å²) in [5.74, 6) is -1.87. The van der Waals surface area contributed by atoms with E-state index in [2.05, 4.69) is 9.97 Å². The molecule has 0 aromatic carbocycles. The molecule has 1 heterocycles. The minimum atomic E-state index is -0.838. The van der Waals surface area contributed by atoms with Crippen LogP contribution in [0.2, 0.25) is 0 Å². The van der Waals surface area contributed by atoms with Gasteiger partial charge in [0.15, 0.2) is 5.78 Å². The van der Waals surface area contributed by atoms with Gasteiger partial charge in [0, 0.05) is 6.20 Å². The average Bonchev–Trinajstić information content (AvgIpc) is 2.17. The molecule has 0 aliphatic rings. The largest absolute Gasteiger partial charge is 0.369 e. The molecule has 5 nitrogen and oxygen atoms in total. The highest BCUT2D eigenvalue weighted by molar-refractivity contribution is 6.08. The molecule has 68 valence electrons. The van der Waals surface area contributed by atoms with Crippen molar-refractivity contribution in [3.63, 3.8) is 0 Å². The van der Waals surface area contributed by atoms with E-state index in [4.69, 9.17) is 5.73 Å². The van der Waals surface area contributed by atoms with Gasteiger partial charge in [0.1, 0.15) is 12.0 Å². The maximum Gasteiger partial charge on any atom is 0.228 e. The number of rotatable bonds is 3. The molecule has 0 spiro atoms. The van der Waals surface area contributed by atoms with Crippen LogP contribution in [-0.2, 0) is 4.79 Å². The highest BCUT2D eigenvalue weighted by Gasteiger charge is 2.20. The van der Waals surface area contributed by atoms with Crippen molar-refractivity contribution in [1.82, 2.24) is 9.97 Å². The van der Waals surface area contributed by atoms with Gasteiger partial charge in [-0.05, 0) is 13.0 Å². The molecule has 1 rings (SSSR count). The number of aromatic nitrogens is 2. The SMILES string of the molecule is CC(C(N)=O)C(=O)c1ccncn1. The maximum absolute atomic E-state index is 11.4. The molecule has 1 unspecified atom stereocenters. The van der Waals surface area contributed by atoms with Gasteiger partial charge in [-0.25, -0.2) is 9.97 Å². The standard InChI is InChI=1S/C8H9N3O2/c1-5(8(9)13)7(12)6-2-3-10-4-11-6/h2-5H,1H3,(H2,9,13). The van der Waals surface area contributed by atoms with Crippen LogP contribution in [0.4, 0.5) is 0 Å². The van der Waals surface area contributed by atoms with E-state index in [1.807, 2.05) is 0 Å². The highest BCUT2D eigenvalue weighted by atomic mass is 16.2. The van der Waals surface area contributed by atoms with Crippen molar-refractivity contribution in [1.29, 1.82) is 0 Å². The predicted molar refractivity (Wildman–Crippen MR) is 44.7 cm³/mol. The van der Waals surface area contributed by atoms with Crippen molar-refractivity contribution in [3.8, 4) is 0 Å². The normalized spacial score (nSPS) is 12.1. The molecule has 0 saturated carbocycles. The Bertz CT molecular complexity index is 323. The number of Topliss-reactive ketones (excluding diaryl/α,β-unsaturated/α-hetero) is 1. The Kier molecular flexibility index (Phi) is 2.69. The highest BCUT2D eigenvalue weighted by Crippen LogP contribution is 2.03. The molecule has 0 aliphatic heterocycles.